The van der Waals surface area contributed by atoms with Crippen LogP contribution < -0.4 is 9.47 Å². The van der Waals surface area contributed by atoms with E-state index in [0.29, 0.717) is 26.1 Å². The van der Waals surface area contributed by atoms with E-state index in [9.17, 15) is 14.7 Å². The normalized spacial score (nSPS) is 11.3. The third kappa shape index (κ3) is 8.01. The Balaban J connectivity index is 1.38. The van der Waals surface area contributed by atoms with E-state index in [1.54, 1.807) is 4.57 Å². The van der Waals surface area contributed by atoms with Gasteiger partial charge < -0.3 is 24.3 Å². The summed E-state index contributed by atoms with van der Waals surface area (Å²) in [5.41, 5.74) is 7.19. The zero-order valence-electron chi connectivity index (χ0n) is 23.9. The van der Waals surface area contributed by atoms with Gasteiger partial charge in [-0.05, 0) is 73.6 Å². The summed E-state index contributed by atoms with van der Waals surface area (Å²) >= 11 is 0. The maximum atomic E-state index is 11.5. The molecule has 0 bridgehead atoms. The molecule has 0 fully saturated rings. The summed E-state index contributed by atoms with van der Waals surface area (Å²) in [4.78, 5) is 22.5. The Hall–Kier alpha value is -4.52. The minimum atomic E-state index is -0.930. The van der Waals surface area contributed by atoms with Gasteiger partial charge in [0.1, 0.15) is 18.0 Å². The fourth-order valence-electron chi connectivity index (χ4n) is 5.18. The van der Waals surface area contributed by atoms with Crippen molar-refractivity contribution in [1.29, 1.82) is 0 Å². The molecule has 2 N–H and O–H groups in total. The molecular weight excluding hydrogens is 518 g/mol. The predicted octanol–water partition coefficient (Wildman–Crippen LogP) is 7.08. The van der Waals surface area contributed by atoms with Crippen LogP contribution in [0, 0.1) is 20.8 Å². The minimum Gasteiger partial charge on any atom is -0.493 e. The molecule has 0 saturated carbocycles. The van der Waals surface area contributed by atoms with Gasteiger partial charge >= 0.3 is 11.9 Å². The van der Waals surface area contributed by atoms with Crippen LogP contribution >= 0.6 is 0 Å². The first-order valence-electron chi connectivity index (χ1n) is 13.9. The van der Waals surface area contributed by atoms with Crippen molar-refractivity contribution in [2.45, 2.75) is 53.0 Å². The number of nitrogens with zero attached hydrogens (tertiary/aromatic N) is 1. The standard InChI is InChI=1S/C34H37NO6/c1-23-19-24(2)34(25(3)20-23)41-18-6-17-40-29-15-12-26(13-16-29)11-14-27-7-4-9-30-28(8-5-10-31(36)37)21-35(33(27)30)22-32(38)39/h4,7,9,11-16,19-21H,5-6,8,10,17-18,22H2,1-3H3,(H,36,37)(H,38,39)/b14-11+. The maximum absolute atomic E-state index is 11.5. The average molecular weight is 556 g/mol. The molecule has 41 heavy (non-hydrogen) atoms. The molecule has 0 unspecified atom stereocenters. The number of benzene rings is 3. The van der Waals surface area contributed by atoms with Crippen LogP contribution in [-0.2, 0) is 22.6 Å². The molecule has 0 amide bonds. The van der Waals surface area contributed by atoms with Crippen molar-refractivity contribution in [3.63, 3.8) is 0 Å². The van der Waals surface area contributed by atoms with Gasteiger partial charge in [0.25, 0.3) is 0 Å². The molecule has 1 heterocycles. The minimum absolute atomic E-state index is 0.0749. The van der Waals surface area contributed by atoms with E-state index >= 15 is 0 Å². The lowest BCUT2D eigenvalue weighted by Gasteiger charge is -2.13. The Morgan fingerprint density at radius 1 is 0.854 bits per heavy atom. The summed E-state index contributed by atoms with van der Waals surface area (Å²) in [7, 11) is 0. The third-order valence-corrected chi connectivity index (χ3v) is 6.90. The number of carbonyl (C=O) groups is 2. The van der Waals surface area contributed by atoms with Crippen LogP contribution in [0.2, 0.25) is 0 Å². The van der Waals surface area contributed by atoms with Crippen LogP contribution in [0.3, 0.4) is 0 Å². The Morgan fingerprint density at radius 3 is 2.24 bits per heavy atom. The highest BCUT2D eigenvalue weighted by molar-refractivity contribution is 5.94. The van der Waals surface area contributed by atoms with E-state index in [0.717, 1.165) is 56.6 Å². The molecule has 0 spiro atoms. The second-order valence-electron chi connectivity index (χ2n) is 10.3. The molecule has 3 aromatic carbocycles. The number of aryl methyl sites for hydroxylation is 4. The number of carboxylic acid groups (broad SMARTS) is 2. The molecular formula is C34H37NO6. The quantitative estimate of drug-likeness (QED) is 0.127. The summed E-state index contributed by atoms with van der Waals surface area (Å²) in [6.07, 6.45) is 7.71. The summed E-state index contributed by atoms with van der Waals surface area (Å²) in [5, 5.41) is 19.4. The molecule has 0 aliphatic rings. The van der Waals surface area contributed by atoms with Gasteiger partial charge in [0, 0.05) is 24.4 Å². The highest BCUT2D eigenvalue weighted by Gasteiger charge is 2.13. The molecule has 214 valence electrons. The van der Waals surface area contributed by atoms with Crippen molar-refractivity contribution >= 4 is 35.0 Å². The van der Waals surface area contributed by atoms with Gasteiger partial charge in [-0.25, -0.2) is 0 Å². The lowest BCUT2D eigenvalue weighted by Crippen LogP contribution is -2.07. The monoisotopic (exact) mass is 555 g/mol. The van der Waals surface area contributed by atoms with Crippen LogP contribution in [0.5, 0.6) is 11.5 Å². The first-order chi connectivity index (χ1) is 19.7. The highest BCUT2D eigenvalue weighted by atomic mass is 16.5. The lowest BCUT2D eigenvalue weighted by atomic mass is 10.0. The van der Waals surface area contributed by atoms with Gasteiger partial charge in [-0.2, -0.15) is 0 Å². The van der Waals surface area contributed by atoms with Crippen LogP contribution in [-0.4, -0.2) is 39.9 Å². The lowest BCUT2D eigenvalue weighted by molar-refractivity contribution is -0.138. The number of rotatable bonds is 14. The van der Waals surface area contributed by atoms with E-state index in [2.05, 4.69) is 32.9 Å². The van der Waals surface area contributed by atoms with Crippen molar-refractivity contribution in [3.05, 3.63) is 94.2 Å². The first kappa shape index (κ1) is 29.5. The fourth-order valence-corrected chi connectivity index (χ4v) is 5.18. The van der Waals surface area contributed by atoms with E-state index in [1.807, 2.05) is 60.8 Å². The molecule has 7 nitrogen and oxygen atoms in total. The predicted molar refractivity (Wildman–Crippen MR) is 162 cm³/mol. The average Bonchev–Trinajstić information content (AvgIpc) is 3.26. The number of carboxylic acids is 2. The Kier molecular flexibility index (Phi) is 9.85. The summed E-state index contributed by atoms with van der Waals surface area (Å²) in [5.74, 6) is -0.0303. The Labute approximate surface area is 240 Å². The van der Waals surface area contributed by atoms with Crippen LogP contribution in [0.4, 0.5) is 0 Å². The third-order valence-electron chi connectivity index (χ3n) is 6.90. The molecule has 4 rings (SSSR count). The number of para-hydroxylation sites is 1. The number of aromatic nitrogens is 1. The van der Waals surface area contributed by atoms with E-state index < -0.39 is 11.9 Å². The number of fused-ring (bicyclic) bond motifs is 1. The molecule has 0 saturated heterocycles. The molecule has 0 aliphatic carbocycles. The van der Waals surface area contributed by atoms with Gasteiger partial charge in [-0.15, -0.1) is 0 Å². The number of hydrogen-bond donors (Lipinski definition) is 2. The number of aliphatic carboxylic acids is 2. The van der Waals surface area contributed by atoms with Crippen LogP contribution in [0.1, 0.15) is 52.6 Å². The summed E-state index contributed by atoms with van der Waals surface area (Å²) in [6, 6.07) is 17.9. The second kappa shape index (κ2) is 13.7. The molecule has 1 aromatic heterocycles. The Morgan fingerprint density at radius 2 is 1.56 bits per heavy atom. The number of ether oxygens (including phenoxy) is 2. The molecule has 0 aliphatic heterocycles. The van der Waals surface area contributed by atoms with E-state index in [1.165, 1.54) is 5.56 Å². The van der Waals surface area contributed by atoms with Crippen molar-refractivity contribution < 1.29 is 29.3 Å². The smallest absolute Gasteiger partial charge is 0.323 e. The van der Waals surface area contributed by atoms with Crippen molar-refractivity contribution in [2.24, 2.45) is 0 Å². The fraction of sp³-hybridized carbons (Fsp3) is 0.294. The summed E-state index contributed by atoms with van der Waals surface area (Å²) < 4.78 is 13.6. The maximum Gasteiger partial charge on any atom is 0.323 e. The zero-order chi connectivity index (χ0) is 29.4. The van der Waals surface area contributed by atoms with E-state index in [4.69, 9.17) is 14.6 Å². The van der Waals surface area contributed by atoms with Crippen molar-refractivity contribution in [2.75, 3.05) is 13.2 Å². The van der Waals surface area contributed by atoms with Gasteiger partial charge in [-0.3, -0.25) is 9.59 Å². The Bertz CT molecular complexity index is 1520. The largest absolute Gasteiger partial charge is 0.493 e. The molecule has 0 atom stereocenters. The SMILES string of the molecule is Cc1cc(C)c(OCCCOc2ccc(/C=C/c3cccc4c(CCCC(=O)O)cn(CC(=O)O)c34)cc2)c(C)c1. The molecule has 7 heteroatoms. The van der Waals surface area contributed by atoms with Crippen molar-refractivity contribution in [1.82, 2.24) is 4.57 Å². The zero-order valence-corrected chi connectivity index (χ0v) is 23.9. The van der Waals surface area contributed by atoms with Gasteiger partial charge in [0.2, 0.25) is 0 Å². The second-order valence-corrected chi connectivity index (χ2v) is 10.3. The van der Waals surface area contributed by atoms with Crippen molar-refractivity contribution in [3.8, 4) is 11.5 Å². The number of hydrogen-bond acceptors (Lipinski definition) is 4. The molecule has 4 aromatic rings. The van der Waals surface area contributed by atoms with Gasteiger partial charge in [-0.1, -0.05) is 60.2 Å². The first-order valence-corrected chi connectivity index (χ1v) is 13.9. The topological polar surface area (TPSA) is 98.0 Å². The van der Waals surface area contributed by atoms with Gasteiger partial charge in [0.15, 0.2) is 0 Å². The van der Waals surface area contributed by atoms with Crippen LogP contribution in [0.25, 0.3) is 23.1 Å². The van der Waals surface area contributed by atoms with E-state index in [-0.39, 0.29) is 13.0 Å². The molecule has 0 radical (unpaired) electrons. The van der Waals surface area contributed by atoms with Crippen LogP contribution in [0.15, 0.2) is 60.8 Å². The van der Waals surface area contributed by atoms with Gasteiger partial charge in [0.05, 0.1) is 18.7 Å². The highest BCUT2D eigenvalue weighted by Crippen LogP contribution is 2.28. The summed E-state index contributed by atoms with van der Waals surface area (Å²) in [6.45, 7) is 7.19.